The van der Waals surface area contributed by atoms with Crippen LogP contribution in [-0.4, -0.2) is 14.2 Å². The van der Waals surface area contributed by atoms with Crippen molar-refractivity contribution in [1.29, 1.82) is 0 Å². The van der Waals surface area contributed by atoms with Gasteiger partial charge < -0.3 is 10.1 Å². The summed E-state index contributed by atoms with van der Waals surface area (Å²) in [6.07, 6.45) is 0. The van der Waals surface area contributed by atoms with Gasteiger partial charge in [-0.1, -0.05) is 48.5 Å². The Balaban J connectivity index is 2.00. The fourth-order valence-corrected chi connectivity index (χ4v) is 2.71. The highest BCUT2D eigenvalue weighted by molar-refractivity contribution is 5.83. The van der Waals surface area contributed by atoms with Crippen molar-refractivity contribution in [3.63, 3.8) is 0 Å². The maximum atomic E-state index is 5.23. The third-order valence-corrected chi connectivity index (χ3v) is 3.84. The summed E-state index contributed by atoms with van der Waals surface area (Å²) in [6, 6.07) is 23.5. The third kappa shape index (κ3) is 2.76. The van der Waals surface area contributed by atoms with Gasteiger partial charge in [-0.2, -0.15) is 0 Å². The highest BCUT2D eigenvalue weighted by Crippen LogP contribution is 2.26. The zero-order valence-corrected chi connectivity index (χ0v) is 12.3. The zero-order valence-electron chi connectivity index (χ0n) is 12.3. The predicted octanol–water partition coefficient (Wildman–Crippen LogP) is 4.16. The van der Waals surface area contributed by atoms with Gasteiger partial charge in [-0.25, -0.2) is 0 Å². The second-order valence-electron chi connectivity index (χ2n) is 5.10. The molecule has 2 nitrogen and oxygen atoms in total. The maximum Gasteiger partial charge on any atom is 0.118 e. The molecule has 0 aromatic heterocycles. The molecule has 1 atom stereocenters. The SMILES string of the molecule is CNC(c1ccc(OC)cc1)c1ccc2ccccc2c1. The fourth-order valence-electron chi connectivity index (χ4n) is 2.71. The van der Waals surface area contributed by atoms with E-state index < -0.39 is 0 Å². The maximum absolute atomic E-state index is 5.23. The van der Waals surface area contributed by atoms with Crippen molar-refractivity contribution in [2.45, 2.75) is 6.04 Å². The highest BCUT2D eigenvalue weighted by atomic mass is 16.5. The second kappa shape index (κ2) is 5.98. The van der Waals surface area contributed by atoms with Crippen molar-refractivity contribution in [3.05, 3.63) is 77.9 Å². The summed E-state index contributed by atoms with van der Waals surface area (Å²) in [5, 5.41) is 5.93. The first-order chi connectivity index (χ1) is 10.3. The number of methoxy groups -OCH3 is 1. The van der Waals surface area contributed by atoms with Crippen LogP contribution in [0, 0.1) is 0 Å². The molecule has 0 spiro atoms. The Bertz CT molecular complexity index is 734. The Morgan fingerprint density at radius 3 is 2.14 bits per heavy atom. The second-order valence-corrected chi connectivity index (χ2v) is 5.10. The van der Waals surface area contributed by atoms with Gasteiger partial charge in [-0.15, -0.1) is 0 Å². The standard InChI is InChI=1S/C19H19NO/c1-20-19(15-9-11-18(21-2)12-10-15)17-8-7-14-5-3-4-6-16(14)13-17/h3-13,19-20H,1-2H3. The fraction of sp³-hybridized carbons (Fsp3) is 0.158. The number of ether oxygens (including phenoxy) is 1. The summed E-state index contributed by atoms with van der Waals surface area (Å²) in [5.74, 6) is 0.882. The van der Waals surface area contributed by atoms with Crippen LogP contribution in [0.15, 0.2) is 66.7 Å². The van der Waals surface area contributed by atoms with Gasteiger partial charge in [0, 0.05) is 0 Å². The summed E-state index contributed by atoms with van der Waals surface area (Å²) >= 11 is 0. The van der Waals surface area contributed by atoms with Crippen molar-refractivity contribution < 1.29 is 4.74 Å². The van der Waals surface area contributed by atoms with Gasteiger partial charge in [-0.05, 0) is 47.1 Å². The molecule has 1 unspecified atom stereocenters. The van der Waals surface area contributed by atoms with Crippen LogP contribution in [0.2, 0.25) is 0 Å². The number of rotatable bonds is 4. The Kier molecular flexibility index (Phi) is 3.89. The minimum Gasteiger partial charge on any atom is -0.497 e. The van der Waals surface area contributed by atoms with Crippen LogP contribution >= 0.6 is 0 Å². The monoisotopic (exact) mass is 277 g/mol. The molecule has 0 aliphatic heterocycles. The van der Waals surface area contributed by atoms with Crippen LogP contribution in [0.3, 0.4) is 0 Å². The molecule has 0 aliphatic carbocycles. The van der Waals surface area contributed by atoms with Crippen LogP contribution in [0.4, 0.5) is 0 Å². The molecule has 0 saturated carbocycles. The molecule has 106 valence electrons. The predicted molar refractivity (Wildman–Crippen MR) is 87.8 cm³/mol. The molecule has 1 N–H and O–H groups in total. The van der Waals surface area contributed by atoms with E-state index in [1.54, 1.807) is 7.11 Å². The van der Waals surface area contributed by atoms with Crippen LogP contribution in [0.25, 0.3) is 10.8 Å². The zero-order chi connectivity index (χ0) is 14.7. The quantitative estimate of drug-likeness (QED) is 0.773. The molecular formula is C19H19NO. The minimum absolute atomic E-state index is 0.181. The first-order valence-corrected chi connectivity index (χ1v) is 7.12. The van der Waals surface area contributed by atoms with Crippen LogP contribution in [-0.2, 0) is 0 Å². The summed E-state index contributed by atoms with van der Waals surface area (Å²) in [5.41, 5.74) is 2.50. The highest BCUT2D eigenvalue weighted by Gasteiger charge is 2.12. The smallest absolute Gasteiger partial charge is 0.118 e. The minimum atomic E-state index is 0.181. The van der Waals surface area contributed by atoms with E-state index in [0.717, 1.165) is 5.75 Å². The first kappa shape index (κ1) is 13.7. The van der Waals surface area contributed by atoms with E-state index in [-0.39, 0.29) is 6.04 Å². The van der Waals surface area contributed by atoms with Gasteiger partial charge in [-0.3, -0.25) is 0 Å². The third-order valence-electron chi connectivity index (χ3n) is 3.84. The number of nitrogens with one attached hydrogen (secondary N) is 1. The Morgan fingerprint density at radius 2 is 1.48 bits per heavy atom. The first-order valence-electron chi connectivity index (χ1n) is 7.12. The van der Waals surface area contributed by atoms with Crippen LogP contribution in [0.5, 0.6) is 5.75 Å². The molecule has 0 amide bonds. The number of fused-ring (bicyclic) bond motifs is 1. The van der Waals surface area contributed by atoms with E-state index in [2.05, 4.69) is 59.9 Å². The lowest BCUT2D eigenvalue weighted by Crippen LogP contribution is -2.17. The van der Waals surface area contributed by atoms with E-state index in [1.807, 2.05) is 19.2 Å². The molecular weight excluding hydrogens is 258 g/mol. The van der Waals surface area contributed by atoms with Gasteiger partial charge in [0.1, 0.15) is 5.75 Å². The van der Waals surface area contributed by atoms with Crippen LogP contribution < -0.4 is 10.1 Å². The average Bonchev–Trinajstić information content (AvgIpc) is 2.56. The molecule has 0 fully saturated rings. The van der Waals surface area contributed by atoms with E-state index in [9.17, 15) is 0 Å². The molecule has 3 aromatic rings. The van der Waals surface area contributed by atoms with E-state index in [0.29, 0.717) is 0 Å². The largest absolute Gasteiger partial charge is 0.497 e. The van der Waals surface area contributed by atoms with Gasteiger partial charge in [0.25, 0.3) is 0 Å². The number of benzene rings is 3. The van der Waals surface area contributed by atoms with E-state index in [1.165, 1.54) is 21.9 Å². The van der Waals surface area contributed by atoms with E-state index >= 15 is 0 Å². The topological polar surface area (TPSA) is 21.3 Å². The molecule has 21 heavy (non-hydrogen) atoms. The Morgan fingerprint density at radius 1 is 0.810 bits per heavy atom. The molecule has 0 saturated heterocycles. The van der Waals surface area contributed by atoms with Crippen LogP contribution in [0.1, 0.15) is 17.2 Å². The molecule has 2 heteroatoms. The summed E-state index contributed by atoms with van der Waals surface area (Å²) in [7, 11) is 3.68. The van der Waals surface area contributed by atoms with Crippen molar-refractivity contribution >= 4 is 10.8 Å². The molecule has 3 aromatic carbocycles. The van der Waals surface area contributed by atoms with Gasteiger partial charge in [0.05, 0.1) is 13.2 Å². The van der Waals surface area contributed by atoms with Gasteiger partial charge in [0.2, 0.25) is 0 Å². The lowest BCUT2D eigenvalue weighted by atomic mass is 9.96. The van der Waals surface area contributed by atoms with Crippen molar-refractivity contribution in [2.75, 3.05) is 14.2 Å². The number of hydrogen-bond acceptors (Lipinski definition) is 2. The van der Waals surface area contributed by atoms with Crippen molar-refractivity contribution in [3.8, 4) is 5.75 Å². The molecule has 0 heterocycles. The summed E-state index contributed by atoms with van der Waals surface area (Å²) in [4.78, 5) is 0. The van der Waals surface area contributed by atoms with Crippen molar-refractivity contribution in [2.24, 2.45) is 0 Å². The van der Waals surface area contributed by atoms with Crippen molar-refractivity contribution in [1.82, 2.24) is 5.32 Å². The Hall–Kier alpha value is -2.32. The number of hydrogen-bond donors (Lipinski definition) is 1. The molecule has 3 rings (SSSR count). The summed E-state index contributed by atoms with van der Waals surface area (Å²) in [6.45, 7) is 0. The molecule has 0 bridgehead atoms. The van der Waals surface area contributed by atoms with Gasteiger partial charge in [0.15, 0.2) is 0 Å². The Labute approximate surface area is 125 Å². The normalized spacial score (nSPS) is 12.3. The average molecular weight is 277 g/mol. The summed E-state index contributed by atoms with van der Waals surface area (Å²) < 4.78 is 5.23. The molecule has 0 radical (unpaired) electrons. The van der Waals surface area contributed by atoms with E-state index in [4.69, 9.17) is 4.74 Å². The lowest BCUT2D eigenvalue weighted by Gasteiger charge is -2.18. The lowest BCUT2D eigenvalue weighted by molar-refractivity contribution is 0.414. The molecule has 0 aliphatic rings. The van der Waals surface area contributed by atoms with Gasteiger partial charge >= 0.3 is 0 Å².